The highest BCUT2D eigenvalue weighted by atomic mass is 35.5. The van der Waals surface area contributed by atoms with Gasteiger partial charge in [0.25, 0.3) is 5.91 Å². The highest BCUT2D eigenvalue weighted by Crippen LogP contribution is 2.33. The summed E-state index contributed by atoms with van der Waals surface area (Å²) >= 11 is 6.33. The third-order valence-electron chi connectivity index (χ3n) is 5.84. The van der Waals surface area contributed by atoms with Crippen LogP contribution in [0.3, 0.4) is 0 Å². The maximum atomic E-state index is 12.7. The molecular weight excluding hydrogens is 482 g/mol. The first kappa shape index (κ1) is 23.6. The van der Waals surface area contributed by atoms with Crippen LogP contribution in [0.5, 0.6) is 0 Å². The van der Waals surface area contributed by atoms with Crippen molar-refractivity contribution in [3.63, 3.8) is 0 Å². The van der Waals surface area contributed by atoms with Crippen LogP contribution in [0.4, 0.5) is 28.8 Å². The standard InChI is InChI=1S/C25H24ClN7O3/c26-18-13-28-25(29-17-9-7-16(8-10-17)24(36)33-12-11-27-21(34)14-33)32-22(18)30-19-3-1-2-4-20(19)31-23(35)15-5-6-15/h1-4,7-10,13,15H,5-6,11-12,14H2,(H,27,34)(H,31,35)(H2,28,29,30,32). The lowest BCUT2D eigenvalue weighted by molar-refractivity contribution is -0.123. The van der Waals surface area contributed by atoms with Crippen molar-refractivity contribution in [2.45, 2.75) is 12.8 Å². The molecule has 0 atom stereocenters. The largest absolute Gasteiger partial charge is 0.353 e. The molecule has 0 unspecified atom stereocenters. The van der Waals surface area contributed by atoms with Crippen molar-refractivity contribution in [1.29, 1.82) is 0 Å². The van der Waals surface area contributed by atoms with E-state index >= 15 is 0 Å². The van der Waals surface area contributed by atoms with Crippen LogP contribution in [0.15, 0.2) is 54.7 Å². The van der Waals surface area contributed by atoms with Crippen LogP contribution < -0.4 is 21.3 Å². The minimum absolute atomic E-state index is 0.00544. The van der Waals surface area contributed by atoms with Crippen LogP contribution in [0.25, 0.3) is 0 Å². The molecule has 3 aromatic rings. The zero-order valence-electron chi connectivity index (χ0n) is 19.3. The van der Waals surface area contributed by atoms with Gasteiger partial charge >= 0.3 is 0 Å². The van der Waals surface area contributed by atoms with Gasteiger partial charge in [-0.1, -0.05) is 23.7 Å². The molecule has 184 valence electrons. The molecule has 0 spiro atoms. The summed E-state index contributed by atoms with van der Waals surface area (Å²) in [5.74, 6) is 0.400. The van der Waals surface area contributed by atoms with Gasteiger partial charge in [0.15, 0.2) is 5.82 Å². The second-order valence-corrected chi connectivity index (χ2v) is 9.01. The molecule has 3 amide bonds. The monoisotopic (exact) mass is 505 g/mol. The minimum atomic E-state index is -0.196. The van der Waals surface area contributed by atoms with Gasteiger partial charge in [-0.05, 0) is 49.2 Å². The van der Waals surface area contributed by atoms with Gasteiger partial charge in [0.2, 0.25) is 17.8 Å². The Hall–Kier alpha value is -4.18. The fourth-order valence-electron chi connectivity index (χ4n) is 3.74. The molecule has 5 rings (SSSR count). The van der Waals surface area contributed by atoms with Crippen LogP contribution in [-0.2, 0) is 9.59 Å². The minimum Gasteiger partial charge on any atom is -0.353 e. The van der Waals surface area contributed by atoms with Crippen LogP contribution in [-0.4, -0.2) is 52.2 Å². The van der Waals surface area contributed by atoms with Gasteiger partial charge in [-0.25, -0.2) is 4.98 Å². The number of nitrogens with one attached hydrogen (secondary N) is 4. The molecule has 0 radical (unpaired) electrons. The number of aromatic nitrogens is 2. The van der Waals surface area contributed by atoms with E-state index in [1.54, 1.807) is 24.3 Å². The van der Waals surface area contributed by atoms with Gasteiger partial charge in [0.1, 0.15) is 5.02 Å². The molecule has 2 aliphatic rings. The number of carbonyl (C=O) groups excluding carboxylic acids is 3. The van der Waals surface area contributed by atoms with E-state index < -0.39 is 0 Å². The first-order valence-corrected chi connectivity index (χ1v) is 12.0. The van der Waals surface area contributed by atoms with Gasteiger partial charge in [0, 0.05) is 30.3 Å². The summed E-state index contributed by atoms with van der Waals surface area (Å²) in [6.45, 7) is 0.985. The summed E-state index contributed by atoms with van der Waals surface area (Å²) in [5.41, 5.74) is 2.46. The molecule has 1 saturated heterocycles. The molecule has 1 aliphatic heterocycles. The summed E-state index contributed by atoms with van der Waals surface area (Å²) in [6.07, 6.45) is 3.31. The van der Waals surface area contributed by atoms with E-state index in [0.717, 1.165) is 12.8 Å². The topological polar surface area (TPSA) is 128 Å². The van der Waals surface area contributed by atoms with Crippen molar-refractivity contribution in [2.24, 2.45) is 5.92 Å². The third kappa shape index (κ3) is 5.55. The average Bonchev–Trinajstić information content (AvgIpc) is 3.73. The summed E-state index contributed by atoms with van der Waals surface area (Å²) in [5, 5.41) is 12.2. The van der Waals surface area contributed by atoms with E-state index in [4.69, 9.17) is 11.6 Å². The van der Waals surface area contributed by atoms with Gasteiger partial charge < -0.3 is 26.2 Å². The lowest BCUT2D eigenvalue weighted by atomic mass is 10.1. The molecule has 1 saturated carbocycles. The number of rotatable bonds is 7. The fourth-order valence-corrected chi connectivity index (χ4v) is 3.88. The normalized spacial score (nSPS) is 15.1. The number of piperazine rings is 1. The highest BCUT2D eigenvalue weighted by molar-refractivity contribution is 6.33. The maximum absolute atomic E-state index is 12.7. The molecule has 2 fully saturated rings. The second-order valence-electron chi connectivity index (χ2n) is 8.60. The van der Waals surface area contributed by atoms with Crippen molar-refractivity contribution in [3.8, 4) is 0 Å². The molecule has 1 aromatic heterocycles. The number of benzene rings is 2. The molecule has 10 nitrogen and oxygen atoms in total. The molecule has 4 N–H and O–H groups in total. The van der Waals surface area contributed by atoms with Gasteiger partial charge in [-0.2, -0.15) is 4.98 Å². The van der Waals surface area contributed by atoms with E-state index in [0.29, 0.717) is 52.5 Å². The lowest BCUT2D eigenvalue weighted by Crippen LogP contribution is -2.49. The number of amides is 3. The lowest BCUT2D eigenvalue weighted by Gasteiger charge is -2.26. The van der Waals surface area contributed by atoms with Gasteiger partial charge in [-0.15, -0.1) is 0 Å². The third-order valence-corrected chi connectivity index (χ3v) is 6.12. The van der Waals surface area contributed by atoms with E-state index in [2.05, 4.69) is 31.2 Å². The van der Waals surface area contributed by atoms with Gasteiger partial charge in [0.05, 0.1) is 24.1 Å². The molecule has 2 aromatic carbocycles. The van der Waals surface area contributed by atoms with Crippen molar-refractivity contribution in [1.82, 2.24) is 20.2 Å². The summed E-state index contributed by atoms with van der Waals surface area (Å²) < 4.78 is 0. The molecule has 36 heavy (non-hydrogen) atoms. The molecule has 1 aliphatic carbocycles. The van der Waals surface area contributed by atoms with E-state index in [1.165, 1.54) is 11.1 Å². The number of para-hydroxylation sites is 2. The van der Waals surface area contributed by atoms with Crippen LogP contribution >= 0.6 is 11.6 Å². The highest BCUT2D eigenvalue weighted by Gasteiger charge is 2.30. The van der Waals surface area contributed by atoms with E-state index in [9.17, 15) is 14.4 Å². The average molecular weight is 506 g/mol. The first-order valence-electron chi connectivity index (χ1n) is 11.6. The first-order chi connectivity index (χ1) is 17.5. The number of hydrogen-bond donors (Lipinski definition) is 4. The van der Waals surface area contributed by atoms with Gasteiger partial charge in [-0.3, -0.25) is 14.4 Å². The summed E-state index contributed by atoms with van der Waals surface area (Å²) in [6, 6.07) is 14.2. The van der Waals surface area contributed by atoms with Crippen molar-refractivity contribution < 1.29 is 14.4 Å². The zero-order chi connectivity index (χ0) is 25.1. The Labute approximate surface area is 212 Å². The zero-order valence-corrected chi connectivity index (χ0v) is 20.0. The number of anilines is 5. The Balaban J connectivity index is 1.27. The predicted molar refractivity (Wildman–Crippen MR) is 137 cm³/mol. The summed E-state index contributed by atoms with van der Waals surface area (Å²) in [4.78, 5) is 46.7. The van der Waals surface area contributed by atoms with Crippen molar-refractivity contribution >= 4 is 58.2 Å². The van der Waals surface area contributed by atoms with Crippen molar-refractivity contribution in [3.05, 3.63) is 65.3 Å². The van der Waals surface area contributed by atoms with E-state index in [1.807, 2.05) is 24.3 Å². The molecular formula is C25H24ClN7O3. The molecule has 11 heteroatoms. The number of halogens is 1. The molecule has 0 bridgehead atoms. The number of nitrogens with zero attached hydrogens (tertiary/aromatic N) is 3. The fraction of sp³-hybridized carbons (Fsp3) is 0.240. The Bertz CT molecular complexity index is 1310. The number of hydrogen-bond acceptors (Lipinski definition) is 7. The quantitative estimate of drug-likeness (QED) is 0.386. The smallest absolute Gasteiger partial charge is 0.254 e. The van der Waals surface area contributed by atoms with E-state index in [-0.39, 0.29) is 30.2 Å². The Morgan fingerprint density at radius 3 is 2.50 bits per heavy atom. The Morgan fingerprint density at radius 1 is 1.03 bits per heavy atom. The maximum Gasteiger partial charge on any atom is 0.254 e. The van der Waals surface area contributed by atoms with Crippen LogP contribution in [0.2, 0.25) is 5.02 Å². The summed E-state index contributed by atoms with van der Waals surface area (Å²) in [7, 11) is 0. The predicted octanol–water partition coefficient (Wildman–Crippen LogP) is 3.54. The second kappa shape index (κ2) is 10.2. The number of carbonyl (C=O) groups is 3. The molecule has 2 heterocycles. The Morgan fingerprint density at radius 2 is 1.78 bits per heavy atom. The van der Waals surface area contributed by atoms with Crippen LogP contribution in [0, 0.1) is 5.92 Å². The Kier molecular flexibility index (Phi) is 6.68. The van der Waals surface area contributed by atoms with Crippen molar-refractivity contribution in [2.75, 3.05) is 35.6 Å². The SMILES string of the molecule is O=C1CN(C(=O)c2ccc(Nc3ncc(Cl)c(Nc4ccccc4NC(=O)C4CC4)n3)cc2)CCN1. The van der Waals surface area contributed by atoms with Crippen LogP contribution in [0.1, 0.15) is 23.2 Å².